The van der Waals surface area contributed by atoms with Crippen molar-refractivity contribution in [2.75, 3.05) is 18.8 Å². The van der Waals surface area contributed by atoms with Crippen LogP contribution in [0.4, 0.5) is 5.82 Å². The molecule has 5 rings (SSSR count). The number of nitrogens with zero attached hydrogens (tertiary/aromatic N) is 4. The molecule has 1 aliphatic heterocycles. The van der Waals surface area contributed by atoms with E-state index in [1.807, 2.05) is 12.4 Å². The SMILES string of the molecule is C[C@@H]1CCN(Cc2ccccc2)C[C@@H]1n1nc(N)c2cnc3[nH]ccc3c21. The number of aromatic nitrogens is 4. The summed E-state index contributed by atoms with van der Waals surface area (Å²) < 4.78 is 2.16. The van der Waals surface area contributed by atoms with E-state index in [4.69, 9.17) is 10.8 Å². The highest BCUT2D eigenvalue weighted by molar-refractivity contribution is 6.06. The maximum atomic E-state index is 6.25. The lowest BCUT2D eigenvalue weighted by atomic mass is 9.93. The van der Waals surface area contributed by atoms with E-state index in [1.165, 1.54) is 5.56 Å². The second-order valence-electron chi connectivity index (χ2n) is 7.64. The van der Waals surface area contributed by atoms with Gasteiger partial charge in [-0.3, -0.25) is 9.58 Å². The van der Waals surface area contributed by atoms with Crippen LogP contribution in [-0.4, -0.2) is 37.7 Å². The van der Waals surface area contributed by atoms with Gasteiger partial charge in [0.25, 0.3) is 0 Å². The van der Waals surface area contributed by atoms with Crippen LogP contribution < -0.4 is 5.73 Å². The maximum Gasteiger partial charge on any atom is 0.154 e. The normalized spacial score (nSPS) is 21.2. The Morgan fingerprint density at radius 1 is 1.19 bits per heavy atom. The van der Waals surface area contributed by atoms with Gasteiger partial charge in [0.15, 0.2) is 5.82 Å². The van der Waals surface area contributed by atoms with E-state index in [9.17, 15) is 0 Å². The third-order valence-electron chi connectivity index (χ3n) is 5.84. The Kier molecular flexibility index (Phi) is 3.86. The van der Waals surface area contributed by atoms with Crippen molar-refractivity contribution in [3.05, 3.63) is 54.4 Å². The van der Waals surface area contributed by atoms with Crippen LogP contribution in [0.3, 0.4) is 0 Å². The van der Waals surface area contributed by atoms with Crippen molar-refractivity contribution < 1.29 is 0 Å². The van der Waals surface area contributed by atoms with Gasteiger partial charge in [0, 0.05) is 30.9 Å². The van der Waals surface area contributed by atoms with Crippen LogP contribution in [-0.2, 0) is 6.54 Å². The summed E-state index contributed by atoms with van der Waals surface area (Å²) in [7, 11) is 0. The van der Waals surface area contributed by atoms with E-state index < -0.39 is 0 Å². The fraction of sp³-hybridized carbons (Fsp3) is 0.333. The predicted molar refractivity (Wildman–Crippen MR) is 108 cm³/mol. The summed E-state index contributed by atoms with van der Waals surface area (Å²) in [6.45, 7) is 5.38. The molecule has 4 aromatic rings. The molecule has 1 aliphatic rings. The molecule has 27 heavy (non-hydrogen) atoms. The minimum Gasteiger partial charge on any atom is -0.382 e. The fourth-order valence-electron chi connectivity index (χ4n) is 4.31. The standard InChI is InChI=1S/C21H24N6/c1-14-8-10-26(12-15-5-3-2-4-6-15)13-18(14)27-19-16-7-9-23-21(16)24-11-17(19)20(22)25-27/h2-7,9,11,14,18H,8,10,12-13H2,1H3,(H2,22,25)(H,23,24)/t14-,18+/m1/s1. The number of fused-ring (bicyclic) bond motifs is 3. The lowest BCUT2D eigenvalue weighted by molar-refractivity contribution is 0.122. The number of nitrogens with two attached hydrogens (primary N) is 1. The first-order chi connectivity index (χ1) is 13.2. The number of nitrogen functional groups attached to an aromatic ring is 1. The molecule has 3 aromatic heterocycles. The number of anilines is 1. The lowest BCUT2D eigenvalue weighted by Gasteiger charge is -2.37. The molecule has 0 amide bonds. The summed E-state index contributed by atoms with van der Waals surface area (Å²) in [5.41, 5.74) is 9.58. The van der Waals surface area contributed by atoms with Gasteiger partial charge in [-0.05, 0) is 30.5 Å². The van der Waals surface area contributed by atoms with Gasteiger partial charge in [-0.2, -0.15) is 5.10 Å². The Bertz CT molecular complexity index is 1080. The Morgan fingerprint density at radius 3 is 2.89 bits per heavy atom. The summed E-state index contributed by atoms with van der Waals surface area (Å²) in [5, 5.41) is 6.78. The van der Waals surface area contributed by atoms with Gasteiger partial charge in [0.1, 0.15) is 5.65 Å². The molecule has 2 atom stereocenters. The minimum absolute atomic E-state index is 0.294. The zero-order valence-electron chi connectivity index (χ0n) is 15.5. The van der Waals surface area contributed by atoms with E-state index in [1.54, 1.807) is 0 Å². The Hall–Kier alpha value is -2.86. The highest BCUT2D eigenvalue weighted by atomic mass is 15.3. The topological polar surface area (TPSA) is 75.8 Å². The van der Waals surface area contributed by atoms with E-state index in [0.29, 0.717) is 17.8 Å². The lowest BCUT2D eigenvalue weighted by Crippen LogP contribution is -2.40. The van der Waals surface area contributed by atoms with E-state index in [2.05, 4.69) is 62.9 Å². The smallest absolute Gasteiger partial charge is 0.154 e. The first-order valence-corrected chi connectivity index (χ1v) is 9.57. The van der Waals surface area contributed by atoms with E-state index >= 15 is 0 Å². The Morgan fingerprint density at radius 2 is 2.04 bits per heavy atom. The van der Waals surface area contributed by atoms with Crippen molar-refractivity contribution in [2.45, 2.75) is 25.9 Å². The number of aromatic amines is 1. The summed E-state index contributed by atoms with van der Waals surface area (Å²) in [6, 6.07) is 13.0. The van der Waals surface area contributed by atoms with Crippen molar-refractivity contribution in [1.82, 2.24) is 24.6 Å². The molecule has 0 unspecified atom stereocenters. The second kappa shape index (κ2) is 6.39. The number of likely N-dealkylation sites (tertiary alicyclic amines) is 1. The van der Waals surface area contributed by atoms with E-state index in [0.717, 1.165) is 48.0 Å². The number of hydrogen-bond donors (Lipinski definition) is 2. The third kappa shape index (κ3) is 2.77. The van der Waals surface area contributed by atoms with Gasteiger partial charge < -0.3 is 10.7 Å². The zero-order chi connectivity index (χ0) is 18.4. The minimum atomic E-state index is 0.294. The molecule has 1 saturated heterocycles. The van der Waals surface area contributed by atoms with Gasteiger partial charge in [-0.15, -0.1) is 0 Å². The number of nitrogens with one attached hydrogen (secondary N) is 1. The highest BCUT2D eigenvalue weighted by Crippen LogP contribution is 2.35. The monoisotopic (exact) mass is 360 g/mol. The first-order valence-electron chi connectivity index (χ1n) is 9.57. The highest BCUT2D eigenvalue weighted by Gasteiger charge is 2.30. The molecular formula is C21H24N6. The average molecular weight is 360 g/mol. The number of benzene rings is 1. The van der Waals surface area contributed by atoms with Crippen molar-refractivity contribution in [1.29, 1.82) is 0 Å². The molecule has 0 radical (unpaired) electrons. The molecule has 0 aliphatic carbocycles. The molecule has 6 heteroatoms. The number of rotatable bonds is 3. The van der Waals surface area contributed by atoms with Gasteiger partial charge in [-0.25, -0.2) is 4.98 Å². The average Bonchev–Trinajstić information content (AvgIpc) is 3.28. The van der Waals surface area contributed by atoms with Gasteiger partial charge in [0.2, 0.25) is 0 Å². The third-order valence-corrected chi connectivity index (χ3v) is 5.84. The van der Waals surface area contributed by atoms with Crippen LogP contribution in [0, 0.1) is 5.92 Å². The van der Waals surface area contributed by atoms with Crippen LogP contribution in [0.2, 0.25) is 0 Å². The molecule has 138 valence electrons. The van der Waals surface area contributed by atoms with Crippen molar-refractivity contribution >= 4 is 27.8 Å². The van der Waals surface area contributed by atoms with E-state index in [-0.39, 0.29) is 0 Å². The molecule has 1 aromatic carbocycles. The van der Waals surface area contributed by atoms with Crippen molar-refractivity contribution in [3.8, 4) is 0 Å². The summed E-state index contributed by atoms with van der Waals surface area (Å²) in [4.78, 5) is 10.2. The van der Waals surface area contributed by atoms with Crippen LogP contribution in [0.15, 0.2) is 48.8 Å². The first kappa shape index (κ1) is 16.3. The number of H-pyrrole nitrogens is 1. The van der Waals surface area contributed by atoms with Crippen LogP contribution in [0.25, 0.3) is 21.9 Å². The molecule has 1 fully saturated rings. The predicted octanol–water partition coefficient (Wildman–Crippen LogP) is 3.58. The molecule has 0 spiro atoms. The quantitative estimate of drug-likeness (QED) is 0.585. The second-order valence-corrected chi connectivity index (χ2v) is 7.64. The number of piperidine rings is 1. The Balaban J connectivity index is 1.53. The van der Waals surface area contributed by atoms with Crippen molar-refractivity contribution in [2.24, 2.45) is 5.92 Å². The summed E-state index contributed by atoms with van der Waals surface area (Å²) >= 11 is 0. The Labute approximate surface area is 158 Å². The molecule has 0 bridgehead atoms. The van der Waals surface area contributed by atoms with Crippen LogP contribution in [0.5, 0.6) is 0 Å². The van der Waals surface area contributed by atoms with Crippen molar-refractivity contribution in [3.63, 3.8) is 0 Å². The largest absolute Gasteiger partial charge is 0.382 e. The molecular weight excluding hydrogens is 336 g/mol. The summed E-state index contributed by atoms with van der Waals surface area (Å²) in [6.07, 6.45) is 4.92. The van der Waals surface area contributed by atoms with Gasteiger partial charge >= 0.3 is 0 Å². The number of hydrogen-bond acceptors (Lipinski definition) is 4. The molecule has 3 N–H and O–H groups in total. The molecule has 0 saturated carbocycles. The van der Waals surface area contributed by atoms with Gasteiger partial charge in [-0.1, -0.05) is 37.3 Å². The number of pyridine rings is 1. The van der Waals surface area contributed by atoms with Crippen LogP contribution in [0.1, 0.15) is 24.9 Å². The maximum absolute atomic E-state index is 6.25. The van der Waals surface area contributed by atoms with Crippen LogP contribution >= 0.6 is 0 Å². The molecule has 4 heterocycles. The van der Waals surface area contributed by atoms with Gasteiger partial charge in [0.05, 0.1) is 16.9 Å². The fourth-order valence-corrected chi connectivity index (χ4v) is 4.31. The molecule has 6 nitrogen and oxygen atoms in total. The zero-order valence-corrected chi connectivity index (χ0v) is 15.5. The summed E-state index contributed by atoms with van der Waals surface area (Å²) in [5.74, 6) is 1.11.